The second-order valence-corrected chi connectivity index (χ2v) is 4.69. The molecule has 0 spiro atoms. The molecule has 0 heterocycles. The molecule has 1 unspecified atom stereocenters. The number of hydrogen-bond acceptors (Lipinski definition) is 1. The van der Waals surface area contributed by atoms with Crippen LogP contribution in [0.4, 0.5) is 5.69 Å². The normalized spacial score (nSPS) is 19.1. The standard InChI is InChI=1S/C15H19NO/c1-11-7-6-10-14(15(11)16-12(2)17)13-8-4-3-5-9-13/h4,6-8,10,13H,3,5,9H2,1-2H3,(H,16,17). The molecule has 0 fully saturated rings. The molecule has 0 saturated carbocycles. The number of carbonyl (C=O) groups is 1. The lowest BCUT2D eigenvalue weighted by Crippen LogP contribution is -2.12. The topological polar surface area (TPSA) is 29.1 Å². The lowest BCUT2D eigenvalue weighted by Gasteiger charge is -2.21. The first-order valence-electron chi connectivity index (χ1n) is 6.22. The van der Waals surface area contributed by atoms with Crippen molar-refractivity contribution in [3.05, 3.63) is 41.5 Å². The average molecular weight is 229 g/mol. The molecule has 1 aliphatic rings. The van der Waals surface area contributed by atoms with Crippen molar-refractivity contribution in [2.45, 2.75) is 39.0 Å². The number of allylic oxidation sites excluding steroid dienone is 2. The Morgan fingerprint density at radius 3 is 2.88 bits per heavy atom. The molecule has 2 heteroatoms. The minimum Gasteiger partial charge on any atom is -0.326 e. The molecule has 0 saturated heterocycles. The van der Waals surface area contributed by atoms with Gasteiger partial charge in [0.05, 0.1) is 0 Å². The van der Waals surface area contributed by atoms with E-state index in [-0.39, 0.29) is 5.91 Å². The summed E-state index contributed by atoms with van der Waals surface area (Å²) in [5, 5.41) is 2.97. The summed E-state index contributed by atoms with van der Waals surface area (Å²) in [5.74, 6) is 0.450. The van der Waals surface area contributed by atoms with Crippen LogP contribution in [0.2, 0.25) is 0 Å². The van der Waals surface area contributed by atoms with Crippen LogP contribution in [0.1, 0.15) is 43.2 Å². The van der Waals surface area contributed by atoms with E-state index in [9.17, 15) is 4.79 Å². The fourth-order valence-electron chi connectivity index (χ4n) is 2.42. The van der Waals surface area contributed by atoms with Crippen molar-refractivity contribution >= 4 is 11.6 Å². The minimum atomic E-state index is 0.000314. The van der Waals surface area contributed by atoms with Gasteiger partial charge in [-0.1, -0.05) is 30.4 Å². The predicted octanol–water partition coefficient (Wildman–Crippen LogP) is 3.78. The van der Waals surface area contributed by atoms with Gasteiger partial charge in [-0.25, -0.2) is 0 Å². The number of hydrogen-bond donors (Lipinski definition) is 1. The van der Waals surface area contributed by atoms with E-state index in [1.165, 1.54) is 24.8 Å². The highest BCUT2D eigenvalue weighted by atomic mass is 16.1. The smallest absolute Gasteiger partial charge is 0.221 e. The molecule has 2 nitrogen and oxygen atoms in total. The monoisotopic (exact) mass is 229 g/mol. The first kappa shape index (κ1) is 11.9. The maximum atomic E-state index is 11.3. The molecule has 1 aliphatic carbocycles. The van der Waals surface area contributed by atoms with E-state index >= 15 is 0 Å². The Balaban J connectivity index is 2.37. The van der Waals surface area contributed by atoms with Crippen LogP contribution in [-0.2, 0) is 4.79 Å². The van der Waals surface area contributed by atoms with E-state index in [0.29, 0.717) is 5.92 Å². The molecule has 1 amide bonds. The molecule has 17 heavy (non-hydrogen) atoms. The van der Waals surface area contributed by atoms with Gasteiger partial charge in [0.1, 0.15) is 0 Å². The Hall–Kier alpha value is -1.57. The number of aryl methyl sites for hydroxylation is 1. The van der Waals surface area contributed by atoms with Crippen molar-refractivity contribution in [1.29, 1.82) is 0 Å². The summed E-state index contributed by atoms with van der Waals surface area (Å²) in [6, 6.07) is 6.23. The lowest BCUT2D eigenvalue weighted by atomic mass is 9.87. The van der Waals surface area contributed by atoms with Gasteiger partial charge in [0, 0.05) is 18.5 Å². The maximum absolute atomic E-state index is 11.3. The molecule has 1 N–H and O–H groups in total. The van der Waals surface area contributed by atoms with Crippen LogP contribution in [0.15, 0.2) is 30.4 Å². The van der Waals surface area contributed by atoms with Gasteiger partial charge in [-0.3, -0.25) is 4.79 Å². The highest BCUT2D eigenvalue weighted by Crippen LogP contribution is 2.34. The summed E-state index contributed by atoms with van der Waals surface area (Å²) in [4.78, 5) is 11.3. The van der Waals surface area contributed by atoms with Crippen LogP contribution in [0.3, 0.4) is 0 Å². The van der Waals surface area contributed by atoms with Gasteiger partial charge in [0.25, 0.3) is 0 Å². The van der Waals surface area contributed by atoms with E-state index < -0.39 is 0 Å². The molecular formula is C15H19NO. The zero-order chi connectivity index (χ0) is 12.3. The van der Waals surface area contributed by atoms with E-state index in [2.05, 4.69) is 29.6 Å². The summed E-state index contributed by atoms with van der Waals surface area (Å²) in [5.41, 5.74) is 3.38. The van der Waals surface area contributed by atoms with Crippen LogP contribution in [-0.4, -0.2) is 5.91 Å². The maximum Gasteiger partial charge on any atom is 0.221 e. The molecule has 1 atom stereocenters. The van der Waals surface area contributed by atoms with Gasteiger partial charge < -0.3 is 5.32 Å². The van der Waals surface area contributed by atoms with Crippen LogP contribution in [0, 0.1) is 6.92 Å². The molecule has 90 valence electrons. The summed E-state index contributed by atoms with van der Waals surface area (Å²) in [6.45, 7) is 3.61. The molecule has 0 aliphatic heterocycles. The lowest BCUT2D eigenvalue weighted by molar-refractivity contribution is -0.114. The molecule has 1 aromatic carbocycles. The third-order valence-corrected chi connectivity index (χ3v) is 3.26. The van der Waals surface area contributed by atoms with E-state index in [0.717, 1.165) is 11.3 Å². The number of nitrogens with one attached hydrogen (secondary N) is 1. The molecule has 0 radical (unpaired) electrons. The Bertz CT molecular complexity index is 448. The largest absolute Gasteiger partial charge is 0.326 e. The molecular weight excluding hydrogens is 210 g/mol. The zero-order valence-corrected chi connectivity index (χ0v) is 10.5. The third-order valence-electron chi connectivity index (χ3n) is 3.26. The molecule has 1 aromatic rings. The highest BCUT2D eigenvalue weighted by Gasteiger charge is 2.16. The Morgan fingerprint density at radius 1 is 1.41 bits per heavy atom. The van der Waals surface area contributed by atoms with Crippen LogP contribution in [0.5, 0.6) is 0 Å². The quantitative estimate of drug-likeness (QED) is 0.768. The molecule has 0 aromatic heterocycles. The van der Waals surface area contributed by atoms with Crippen LogP contribution in [0.25, 0.3) is 0 Å². The minimum absolute atomic E-state index is 0.000314. The van der Waals surface area contributed by atoms with Crippen molar-refractivity contribution in [1.82, 2.24) is 0 Å². The van der Waals surface area contributed by atoms with Crippen molar-refractivity contribution in [2.75, 3.05) is 5.32 Å². The second-order valence-electron chi connectivity index (χ2n) is 4.69. The fourth-order valence-corrected chi connectivity index (χ4v) is 2.42. The van der Waals surface area contributed by atoms with Crippen molar-refractivity contribution < 1.29 is 4.79 Å². The van der Waals surface area contributed by atoms with Gasteiger partial charge in [-0.15, -0.1) is 0 Å². The summed E-state index contributed by atoms with van der Waals surface area (Å²) in [6.07, 6.45) is 8.09. The van der Waals surface area contributed by atoms with Crippen molar-refractivity contribution in [2.24, 2.45) is 0 Å². The zero-order valence-electron chi connectivity index (χ0n) is 10.5. The van der Waals surface area contributed by atoms with Gasteiger partial charge in [-0.2, -0.15) is 0 Å². The number of anilines is 1. The van der Waals surface area contributed by atoms with E-state index in [1.807, 2.05) is 13.0 Å². The Kier molecular flexibility index (Phi) is 3.62. The van der Waals surface area contributed by atoms with Crippen molar-refractivity contribution in [3.63, 3.8) is 0 Å². The van der Waals surface area contributed by atoms with E-state index in [4.69, 9.17) is 0 Å². The van der Waals surface area contributed by atoms with Gasteiger partial charge in [0.2, 0.25) is 5.91 Å². The number of para-hydroxylation sites is 1. The number of amides is 1. The molecule has 2 rings (SSSR count). The fraction of sp³-hybridized carbons (Fsp3) is 0.400. The van der Waals surface area contributed by atoms with E-state index in [1.54, 1.807) is 6.92 Å². The first-order chi connectivity index (χ1) is 8.18. The third kappa shape index (κ3) is 2.76. The second kappa shape index (κ2) is 5.17. The van der Waals surface area contributed by atoms with Crippen LogP contribution < -0.4 is 5.32 Å². The highest BCUT2D eigenvalue weighted by molar-refractivity contribution is 5.90. The number of carbonyl (C=O) groups excluding carboxylic acids is 1. The van der Waals surface area contributed by atoms with Gasteiger partial charge in [0.15, 0.2) is 0 Å². The van der Waals surface area contributed by atoms with Gasteiger partial charge in [-0.05, 0) is 37.3 Å². The summed E-state index contributed by atoms with van der Waals surface area (Å²) in [7, 11) is 0. The Morgan fingerprint density at radius 2 is 2.24 bits per heavy atom. The average Bonchev–Trinajstić information content (AvgIpc) is 2.32. The SMILES string of the molecule is CC(=O)Nc1c(C)cccc1C1C=CCCC1. The summed E-state index contributed by atoms with van der Waals surface area (Å²) >= 11 is 0. The van der Waals surface area contributed by atoms with Crippen molar-refractivity contribution in [3.8, 4) is 0 Å². The van der Waals surface area contributed by atoms with Crippen LogP contribution >= 0.6 is 0 Å². The Labute approximate surface area is 103 Å². The summed E-state index contributed by atoms with van der Waals surface area (Å²) < 4.78 is 0. The first-order valence-corrected chi connectivity index (χ1v) is 6.22. The molecule has 0 bridgehead atoms. The predicted molar refractivity (Wildman–Crippen MR) is 71.2 cm³/mol. The number of rotatable bonds is 2. The number of benzene rings is 1. The van der Waals surface area contributed by atoms with Gasteiger partial charge >= 0.3 is 0 Å².